The lowest BCUT2D eigenvalue weighted by Crippen LogP contribution is -2.56. The third kappa shape index (κ3) is 10.2. The number of amides is 4. The van der Waals surface area contributed by atoms with Gasteiger partial charge in [0, 0.05) is 38.3 Å². The van der Waals surface area contributed by atoms with Crippen molar-refractivity contribution in [2.75, 3.05) is 59.2 Å². The fraction of sp³-hybridized carbons (Fsp3) is 0.600. The molecule has 4 amide bonds. The van der Waals surface area contributed by atoms with Gasteiger partial charge in [0.25, 0.3) is 11.8 Å². The van der Waals surface area contributed by atoms with E-state index in [0.717, 1.165) is 38.5 Å². The molecule has 0 unspecified atom stereocenters. The van der Waals surface area contributed by atoms with Crippen molar-refractivity contribution in [2.24, 2.45) is 0 Å². The summed E-state index contributed by atoms with van der Waals surface area (Å²) in [6.45, 7) is 5.48. The van der Waals surface area contributed by atoms with Crippen LogP contribution in [0.25, 0.3) is 5.69 Å². The maximum Gasteiger partial charge on any atom is 0.527 e. The molecule has 0 spiro atoms. The van der Waals surface area contributed by atoms with Gasteiger partial charge in [-0.05, 0) is 57.6 Å². The molecule has 16 heteroatoms. The molecule has 2 saturated heterocycles. The monoisotopic (exact) mass is 711 g/mol. The summed E-state index contributed by atoms with van der Waals surface area (Å²) in [4.78, 5) is 73.7. The van der Waals surface area contributed by atoms with Gasteiger partial charge in [0.1, 0.15) is 12.1 Å². The van der Waals surface area contributed by atoms with Crippen molar-refractivity contribution < 1.29 is 43.0 Å². The molecule has 278 valence electrons. The van der Waals surface area contributed by atoms with Gasteiger partial charge >= 0.3 is 6.16 Å². The van der Waals surface area contributed by atoms with Crippen molar-refractivity contribution >= 4 is 29.8 Å². The molecule has 0 radical (unpaired) electrons. The lowest BCUT2D eigenvalue weighted by atomic mass is 9.93. The number of carbonyl (C=O) groups is 5. The molecule has 5 rings (SSSR count). The van der Waals surface area contributed by atoms with Crippen molar-refractivity contribution in [1.82, 2.24) is 35.3 Å². The van der Waals surface area contributed by atoms with Crippen LogP contribution in [-0.2, 0) is 28.7 Å². The van der Waals surface area contributed by atoms with Crippen LogP contribution in [0.5, 0.6) is 5.88 Å². The van der Waals surface area contributed by atoms with Gasteiger partial charge in [-0.15, -0.1) is 5.06 Å². The van der Waals surface area contributed by atoms with E-state index in [9.17, 15) is 24.0 Å². The first kappa shape index (κ1) is 37.6. The molecule has 2 aromatic rings. The maximum absolute atomic E-state index is 13.6. The lowest BCUT2D eigenvalue weighted by Gasteiger charge is -2.35. The molecule has 1 saturated carbocycles. The van der Waals surface area contributed by atoms with Gasteiger partial charge < -0.3 is 39.5 Å². The molecular formula is C35H49N7O9. The summed E-state index contributed by atoms with van der Waals surface area (Å²) in [7, 11) is 0. The van der Waals surface area contributed by atoms with E-state index >= 15 is 0 Å². The second kappa shape index (κ2) is 18.5. The van der Waals surface area contributed by atoms with Crippen LogP contribution in [0.4, 0.5) is 4.79 Å². The van der Waals surface area contributed by atoms with Crippen LogP contribution in [0.1, 0.15) is 69.3 Å². The van der Waals surface area contributed by atoms with Gasteiger partial charge in [0.2, 0.25) is 17.7 Å². The predicted octanol–water partition coefficient (Wildman–Crippen LogP) is 2.06. The summed E-state index contributed by atoms with van der Waals surface area (Å²) in [6, 6.07) is 9.04. The molecule has 2 atom stereocenters. The van der Waals surface area contributed by atoms with Crippen molar-refractivity contribution in [2.45, 2.75) is 76.9 Å². The Bertz CT molecular complexity index is 1490. The van der Waals surface area contributed by atoms with Crippen LogP contribution < -0.4 is 15.4 Å². The Morgan fingerprint density at radius 1 is 0.961 bits per heavy atom. The zero-order valence-corrected chi connectivity index (χ0v) is 29.4. The average Bonchev–Trinajstić information content (AvgIpc) is 3.79. The minimum atomic E-state index is -1.02. The van der Waals surface area contributed by atoms with E-state index in [1.54, 1.807) is 41.0 Å². The standard InChI is InChI=1S/C35H49N7O9/c1-3-5-21-49-35(47)51-40-19-17-39(18-20-40)34(46)28(23-48-4-2)37-32(44)27-22-31(42(38-27)26-13-7-6-8-14-26)50-24-30(43)41-16-10-15-29(41)33(45)36-25-11-9-12-25/h6-8,13-14,22,25,28-29H,3-5,9-12,15-21,23-24H2,1-2H3,(H,36,45)(H,37,44)/t28-,29-/m0/s1. The van der Waals surface area contributed by atoms with E-state index in [1.807, 2.05) is 13.0 Å². The zero-order valence-electron chi connectivity index (χ0n) is 29.4. The summed E-state index contributed by atoms with van der Waals surface area (Å²) in [5.74, 6) is -1.32. The molecule has 51 heavy (non-hydrogen) atoms. The highest BCUT2D eigenvalue weighted by Crippen LogP contribution is 2.24. The highest BCUT2D eigenvalue weighted by Gasteiger charge is 2.36. The number of hydroxylamine groups is 2. The summed E-state index contributed by atoms with van der Waals surface area (Å²) >= 11 is 0. The highest BCUT2D eigenvalue weighted by molar-refractivity contribution is 5.96. The van der Waals surface area contributed by atoms with E-state index in [2.05, 4.69) is 15.7 Å². The van der Waals surface area contributed by atoms with Crippen molar-refractivity contribution in [3.63, 3.8) is 0 Å². The number of para-hydroxylation sites is 1. The Balaban J connectivity index is 1.22. The molecule has 2 aliphatic heterocycles. The van der Waals surface area contributed by atoms with E-state index in [4.69, 9.17) is 19.0 Å². The van der Waals surface area contributed by atoms with Gasteiger partial charge in [-0.2, -0.15) is 5.10 Å². The predicted molar refractivity (Wildman–Crippen MR) is 183 cm³/mol. The first-order chi connectivity index (χ1) is 24.8. The molecule has 3 heterocycles. The molecule has 0 bridgehead atoms. The van der Waals surface area contributed by atoms with Crippen LogP contribution in [0.15, 0.2) is 36.4 Å². The van der Waals surface area contributed by atoms with Gasteiger partial charge in [0.15, 0.2) is 12.3 Å². The Morgan fingerprint density at radius 2 is 1.73 bits per heavy atom. The number of ether oxygens (including phenoxy) is 3. The molecule has 16 nitrogen and oxygen atoms in total. The van der Waals surface area contributed by atoms with E-state index in [1.165, 1.54) is 15.8 Å². The maximum atomic E-state index is 13.6. The smallest absolute Gasteiger partial charge is 0.467 e. The minimum absolute atomic E-state index is 0.0330. The zero-order chi connectivity index (χ0) is 36.2. The minimum Gasteiger partial charge on any atom is -0.467 e. The molecule has 1 aliphatic carbocycles. The van der Waals surface area contributed by atoms with Crippen molar-refractivity contribution in [3.05, 3.63) is 42.1 Å². The van der Waals surface area contributed by atoms with Crippen LogP contribution in [-0.4, -0.2) is 132 Å². The van der Waals surface area contributed by atoms with Crippen LogP contribution in [0, 0.1) is 0 Å². The number of unbranched alkanes of at least 4 members (excludes halogenated alkanes) is 1. The molecule has 1 aromatic heterocycles. The van der Waals surface area contributed by atoms with Crippen molar-refractivity contribution in [3.8, 4) is 11.6 Å². The van der Waals surface area contributed by atoms with Crippen LogP contribution >= 0.6 is 0 Å². The number of nitrogens with one attached hydrogen (secondary N) is 2. The fourth-order valence-electron chi connectivity index (χ4n) is 6.03. The number of aromatic nitrogens is 2. The number of hydrogen-bond acceptors (Lipinski definition) is 11. The molecule has 3 aliphatic rings. The largest absolute Gasteiger partial charge is 0.527 e. The Kier molecular flexibility index (Phi) is 13.6. The Hall–Kier alpha value is -4.70. The van der Waals surface area contributed by atoms with Crippen LogP contribution in [0.3, 0.4) is 0 Å². The van der Waals surface area contributed by atoms with E-state index < -0.39 is 24.1 Å². The average molecular weight is 712 g/mol. The summed E-state index contributed by atoms with van der Waals surface area (Å²) in [5.41, 5.74) is 0.559. The van der Waals surface area contributed by atoms with Gasteiger partial charge in [0.05, 0.1) is 32.0 Å². The number of piperazine rings is 1. The number of likely N-dealkylation sites (tertiary alicyclic amines) is 1. The van der Waals surface area contributed by atoms with Gasteiger partial charge in [-0.1, -0.05) is 31.5 Å². The summed E-state index contributed by atoms with van der Waals surface area (Å²) in [6.07, 6.45) is 5.18. The first-order valence-electron chi connectivity index (χ1n) is 17.9. The summed E-state index contributed by atoms with van der Waals surface area (Å²) in [5, 5.41) is 11.7. The fourth-order valence-corrected chi connectivity index (χ4v) is 6.03. The molecular weight excluding hydrogens is 662 g/mol. The quantitative estimate of drug-likeness (QED) is 0.193. The summed E-state index contributed by atoms with van der Waals surface area (Å²) < 4.78 is 18.0. The van der Waals surface area contributed by atoms with E-state index in [-0.39, 0.29) is 81.3 Å². The van der Waals surface area contributed by atoms with Crippen LogP contribution in [0.2, 0.25) is 0 Å². The number of rotatable bonds is 16. The van der Waals surface area contributed by atoms with Gasteiger partial charge in [-0.3, -0.25) is 19.2 Å². The third-order valence-electron chi connectivity index (χ3n) is 9.14. The second-order valence-corrected chi connectivity index (χ2v) is 12.8. The highest BCUT2D eigenvalue weighted by atomic mass is 16.8. The molecule has 2 N–H and O–H groups in total. The van der Waals surface area contributed by atoms with E-state index in [0.29, 0.717) is 25.3 Å². The molecule has 3 fully saturated rings. The number of hydrogen-bond donors (Lipinski definition) is 2. The number of nitrogens with zero attached hydrogens (tertiary/aromatic N) is 5. The SMILES string of the molecule is CCCCOC(=O)ON1CCN(C(=O)[C@H](COCC)NC(=O)c2cc(OCC(=O)N3CCC[C@H]3C(=O)NC3CCC3)n(-c3ccccc3)n2)CC1. The Morgan fingerprint density at radius 3 is 2.41 bits per heavy atom. The number of benzene rings is 1. The lowest BCUT2D eigenvalue weighted by molar-refractivity contribution is -0.158. The second-order valence-electron chi connectivity index (χ2n) is 12.8. The number of carbonyl (C=O) groups excluding carboxylic acids is 5. The third-order valence-corrected chi connectivity index (χ3v) is 9.14. The van der Waals surface area contributed by atoms with Crippen molar-refractivity contribution in [1.29, 1.82) is 0 Å². The Labute approximate surface area is 297 Å². The molecule has 1 aromatic carbocycles. The normalized spacial score (nSPS) is 18.4. The first-order valence-corrected chi connectivity index (χ1v) is 17.9. The van der Waals surface area contributed by atoms with Gasteiger partial charge in [-0.25, -0.2) is 9.48 Å². The topological polar surface area (TPSA) is 174 Å².